The minimum absolute atomic E-state index is 0.0793. The lowest BCUT2D eigenvalue weighted by Crippen LogP contribution is -2.52. The minimum atomic E-state index is 0.0793. The van der Waals surface area contributed by atoms with Crippen LogP contribution < -0.4 is 0 Å². The Hall–Kier alpha value is -1.61. The molecular weight excluding hydrogens is 256 g/mol. The largest absolute Gasteiger partial charge is 0.339 e. The van der Waals surface area contributed by atoms with Crippen molar-refractivity contribution in [1.82, 2.24) is 14.7 Å². The summed E-state index contributed by atoms with van der Waals surface area (Å²) in [7, 11) is 0. The molecule has 110 valence electrons. The number of carbonyl (C=O) groups excluding carboxylic acids is 2. The molecule has 0 aliphatic carbocycles. The van der Waals surface area contributed by atoms with Gasteiger partial charge in [-0.1, -0.05) is 0 Å². The highest BCUT2D eigenvalue weighted by molar-refractivity contribution is 5.79. The van der Waals surface area contributed by atoms with Crippen LogP contribution in [0.3, 0.4) is 0 Å². The molecule has 0 saturated carbocycles. The molecule has 2 aliphatic rings. The quantitative estimate of drug-likeness (QED) is 0.708. The van der Waals surface area contributed by atoms with Crippen LogP contribution in [0.2, 0.25) is 0 Å². The Morgan fingerprint density at radius 2 is 1.60 bits per heavy atom. The van der Waals surface area contributed by atoms with Crippen molar-refractivity contribution in [2.24, 2.45) is 5.92 Å². The van der Waals surface area contributed by atoms with Crippen molar-refractivity contribution in [3.05, 3.63) is 0 Å². The molecule has 20 heavy (non-hydrogen) atoms. The number of likely N-dealkylation sites (tertiary alicyclic amines) is 1. The standard InChI is InChI=1S/C14H22N4O2/c1-12(19)17-6-8-18(9-7-17)14(20)11-16-4-2-13(10-15)3-5-16/h13H,2-9,11H2,1H3. The van der Waals surface area contributed by atoms with Crippen LogP contribution in [0, 0.1) is 17.2 Å². The van der Waals surface area contributed by atoms with E-state index in [0.717, 1.165) is 25.9 Å². The van der Waals surface area contributed by atoms with Gasteiger partial charge in [0.1, 0.15) is 0 Å². The zero-order valence-corrected chi connectivity index (χ0v) is 12.0. The molecule has 6 heteroatoms. The fourth-order valence-corrected chi connectivity index (χ4v) is 2.78. The number of hydrogen-bond acceptors (Lipinski definition) is 4. The first-order valence-electron chi connectivity index (χ1n) is 7.25. The summed E-state index contributed by atoms with van der Waals surface area (Å²) in [5.74, 6) is 0.375. The van der Waals surface area contributed by atoms with Crippen LogP contribution in [0.25, 0.3) is 0 Å². The Kier molecular flexibility index (Phi) is 4.96. The molecule has 0 aromatic heterocycles. The molecule has 2 saturated heterocycles. The monoisotopic (exact) mass is 278 g/mol. The molecule has 2 aliphatic heterocycles. The van der Waals surface area contributed by atoms with Crippen LogP contribution in [-0.4, -0.2) is 72.3 Å². The minimum Gasteiger partial charge on any atom is -0.339 e. The van der Waals surface area contributed by atoms with Gasteiger partial charge in [0.15, 0.2) is 0 Å². The second-order valence-corrected chi connectivity index (χ2v) is 5.57. The van der Waals surface area contributed by atoms with E-state index in [0.29, 0.717) is 32.7 Å². The maximum atomic E-state index is 12.2. The van der Waals surface area contributed by atoms with Gasteiger partial charge in [-0.05, 0) is 25.9 Å². The molecule has 0 spiro atoms. The molecule has 2 fully saturated rings. The lowest BCUT2D eigenvalue weighted by atomic mass is 9.99. The van der Waals surface area contributed by atoms with Gasteiger partial charge < -0.3 is 9.80 Å². The van der Waals surface area contributed by atoms with E-state index < -0.39 is 0 Å². The number of piperazine rings is 1. The maximum Gasteiger partial charge on any atom is 0.236 e. The highest BCUT2D eigenvalue weighted by atomic mass is 16.2. The van der Waals surface area contributed by atoms with Crippen molar-refractivity contribution < 1.29 is 9.59 Å². The zero-order valence-electron chi connectivity index (χ0n) is 12.0. The molecule has 0 atom stereocenters. The van der Waals surface area contributed by atoms with Gasteiger partial charge in [-0.3, -0.25) is 14.5 Å². The predicted octanol–water partition coefficient (Wildman–Crippen LogP) is -0.0873. The van der Waals surface area contributed by atoms with Crippen LogP contribution in [0.15, 0.2) is 0 Å². The third kappa shape index (κ3) is 3.70. The van der Waals surface area contributed by atoms with Gasteiger partial charge in [-0.2, -0.15) is 5.26 Å². The van der Waals surface area contributed by atoms with E-state index in [-0.39, 0.29) is 17.7 Å². The first-order chi connectivity index (χ1) is 9.60. The number of nitriles is 1. The summed E-state index contributed by atoms with van der Waals surface area (Å²) >= 11 is 0. The van der Waals surface area contributed by atoms with Crippen LogP contribution in [0.5, 0.6) is 0 Å². The number of nitrogens with zero attached hydrogens (tertiary/aromatic N) is 4. The average molecular weight is 278 g/mol. The molecule has 0 unspecified atom stereocenters. The van der Waals surface area contributed by atoms with Crippen LogP contribution in [0.1, 0.15) is 19.8 Å². The van der Waals surface area contributed by atoms with E-state index in [9.17, 15) is 9.59 Å². The third-order valence-electron chi connectivity index (χ3n) is 4.21. The highest BCUT2D eigenvalue weighted by Gasteiger charge is 2.25. The van der Waals surface area contributed by atoms with E-state index in [1.54, 1.807) is 11.8 Å². The van der Waals surface area contributed by atoms with Crippen molar-refractivity contribution in [3.8, 4) is 6.07 Å². The summed E-state index contributed by atoms with van der Waals surface area (Å²) in [4.78, 5) is 29.2. The molecule has 0 aromatic carbocycles. The zero-order chi connectivity index (χ0) is 14.5. The van der Waals surface area contributed by atoms with E-state index >= 15 is 0 Å². The molecule has 6 nitrogen and oxygen atoms in total. The lowest BCUT2D eigenvalue weighted by Gasteiger charge is -2.36. The van der Waals surface area contributed by atoms with Crippen molar-refractivity contribution in [1.29, 1.82) is 5.26 Å². The highest BCUT2D eigenvalue weighted by Crippen LogP contribution is 2.16. The van der Waals surface area contributed by atoms with Crippen molar-refractivity contribution in [3.63, 3.8) is 0 Å². The summed E-state index contributed by atoms with van der Waals surface area (Å²) in [6, 6.07) is 2.30. The van der Waals surface area contributed by atoms with E-state index in [2.05, 4.69) is 11.0 Å². The molecular formula is C14H22N4O2. The Morgan fingerprint density at radius 3 is 2.10 bits per heavy atom. The molecule has 0 radical (unpaired) electrons. The third-order valence-corrected chi connectivity index (χ3v) is 4.21. The second-order valence-electron chi connectivity index (χ2n) is 5.57. The Balaban J connectivity index is 1.74. The Morgan fingerprint density at radius 1 is 1.05 bits per heavy atom. The van der Waals surface area contributed by atoms with Gasteiger partial charge in [0.05, 0.1) is 12.6 Å². The summed E-state index contributed by atoms with van der Waals surface area (Å²) in [5.41, 5.74) is 0. The van der Waals surface area contributed by atoms with Gasteiger partial charge in [-0.25, -0.2) is 0 Å². The molecule has 0 bridgehead atoms. The fraction of sp³-hybridized carbons (Fsp3) is 0.786. The number of rotatable bonds is 2. The van der Waals surface area contributed by atoms with Gasteiger partial charge in [0.2, 0.25) is 11.8 Å². The summed E-state index contributed by atoms with van der Waals surface area (Å²) < 4.78 is 0. The summed E-state index contributed by atoms with van der Waals surface area (Å²) in [6.45, 7) is 6.21. The normalized spacial score (nSPS) is 21.6. The Bertz CT molecular complexity index is 402. The number of piperidine rings is 1. The molecule has 0 aromatic rings. The van der Waals surface area contributed by atoms with Gasteiger partial charge in [-0.15, -0.1) is 0 Å². The first-order valence-corrected chi connectivity index (χ1v) is 7.25. The van der Waals surface area contributed by atoms with Crippen LogP contribution >= 0.6 is 0 Å². The number of carbonyl (C=O) groups is 2. The van der Waals surface area contributed by atoms with Crippen LogP contribution in [-0.2, 0) is 9.59 Å². The van der Waals surface area contributed by atoms with Gasteiger partial charge >= 0.3 is 0 Å². The predicted molar refractivity (Wildman–Crippen MR) is 73.6 cm³/mol. The summed E-state index contributed by atoms with van der Waals surface area (Å²) in [6.07, 6.45) is 1.73. The van der Waals surface area contributed by atoms with Crippen molar-refractivity contribution >= 4 is 11.8 Å². The Labute approximate surface area is 119 Å². The lowest BCUT2D eigenvalue weighted by molar-refractivity contribution is -0.139. The van der Waals surface area contributed by atoms with Crippen LogP contribution in [0.4, 0.5) is 0 Å². The number of amides is 2. The molecule has 2 rings (SSSR count). The fourth-order valence-electron chi connectivity index (χ4n) is 2.78. The molecule has 2 amide bonds. The number of hydrogen-bond donors (Lipinski definition) is 0. The first kappa shape index (κ1) is 14.8. The maximum absolute atomic E-state index is 12.2. The van der Waals surface area contributed by atoms with Crippen molar-refractivity contribution in [2.45, 2.75) is 19.8 Å². The van der Waals surface area contributed by atoms with Gasteiger partial charge in [0, 0.05) is 39.0 Å². The van der Waals surface area contributed by atoms with Gasteiger partial charge in [0.25, 0.3) is 0 Å². The van der Waals surface area contributed by atoms with Crippen molar-refractivity contribution in [2.75, 3.05) is 45.8 Å². The second kappa shape index (κ2) is 6.71. The SMILES string of the molecule is CC(=O)N1CCN(C(=O)CN2CCC(C#N)CC2)CC1. The van der Waals surface area contributed by atoms with E-state index in [4.69, 9.17) is 5.26 Å². The van der Waals surface area contributed by atoms with E-state index in [1.165, 1.54) is 0 Å². The molecule has 2 heterocycles. The topological polar surface area (TPSA) is 67.7 Å². The average Bonchev–Trinajstić information content (AvgIpc) is 2.48. The van der Waals surface area contributed by atoms with E-state index in [1.807, 2.05) is 4.90 Å². The molecule has 0 N–H and O–H groups in total. The smallest absolute Gasteiger partial charge is 0.236 e. The summed E-state index contributed by atoms with van der Waals surface area (Å²) in [5, 5.41) is 8.86.